The van der Waals surface area contributed by atoms with Gasteiger partial charge >= 0.3 is 0 Å². The van der Waals surface area contributed by atoms with Crippen LogP contribution in [0.4, 0.5) is 0 Å². The monoisotopic (exact) mass is 641 g/mol. The molecule has 228 valence electrons. The van der Waals surface area contributed by atoms with E-state index in [4.69, 9.17) is 15.0 Å². The van der Waals surface area contributed by atoms with Crippen molar-refractivity contribution in [2.45, 2.75) is 0 Å². The molecule has 8 aromatic carbocycles. The van der Waals surface area contributed by atoms with Gasteiger partial charge in [0.25, 0.3) is 0 Å². The predicted molar refractivity (Wildman–Crippen MR) is 207 cm³/mol. The smallest absolute Gasteiger partial charge is 0.164 e. The Balaban J connectivity index is 1.17. The first kappa shape index (κ1) is 27.8. The SMILES string of the molecule is c1ccc(-c2nc(-c3ccccc3)nc(-c3ccc4c5ccccc5c5cc(-c6ccc7c(c6)sc6ccccc67)ccc5c4c3)n2)cc1. The zero-order valence-electron chi connectivity index (χ0n) is 26.3. The van der Waals surface area contributed by atoms with E-state index in [1.807, 2.05) is 72.0 Å². The fourth-order valence-corrected chi connectivity index (χ4v) is 8.26. The maximum absolute atomic E-state index is 5.02. The lowest BCUT2D eigenvalue weighted by atomic mass is 9.91. The van der Waals surface area contributed by atoms with Gasteiger partial charge < -0.3 is 0 Å². The summed E-state index contributed by atoms with van der Waals surface area (Å²) in [6.07, 6.45) is 0. The molecule has 4 heteroatoms. The van der Waals surface area contributed by atoms with Crippen LogP contribution in [0, 0.1) is 0 Å². The van der Waals surface area contributed by atoms with Crippen molar-refractivity contribution in [2.75, 3.05) is 0 Å². The number of benzene rings is 8. The van der Waals surface area contributed by atoms with Crippen molar-refractivity contribution >= 4 is 63.8 Å². The summed E-state index contributed by atoms with van der Waals surface area (Å²) in [4.78, 5) is 14.9. The first-order valence-electron chi connectivity index (χ1n) is 16.4. The Labute approximate surface area is 286 Å². The van der Waals surface area contributed by atoms with Crippen molar-refractivity contribution in [3.8, 4) is 45.3 Å². The van der Waals surface area contributed by atoms with Crippen molar-refractivity contribution in [1.29, 1.82) is 0 Å². The van der Waals surface area contributed by atoms with Crippen LogP contribution in [-0.2, 0) is 0 Å². The summed E-state index contributed by atoms with van der Waals surface area (Å²) in [5.74, 6) is 1.98. The maximum atomic E-state index is 5.02. The molecule has 0 spiro atoms. The largest absolute Gasteiger partial charge is 0.208 e. The summed E-state index contributed by atoms with van der Waals surface area (Å²) < 4.78 is 2.64. The number of nitrogens with zero attached hydrogens (tertiary/aromatic N) is 3. The summed E-state index contributed by atoms with van der Waals surface area (Å²) in [7, 11) is 0. The van der Waals surface area contributed by atoms with E-state index in [0.717, 1.165) is 16.7 Å². The third kappa shape index (κ3) is 4.68. The molecule has 0 atom stereocenters. The molecule has 0 saturated heterocycles. The minimum absolute atomic E-state index is 0.657. The quantitative estimate of drug-likeness (QED) is 0.180. The molecule has 3 nitrogen and oxygen atoms in total. The Morgan fingerprint density at radius 2 is 0.673 bits per heavy atom. The van der Waals surface area contributed by atoms with Crippen molar-refractivity contribution in [3.05, 3.63) is 164 Å². The number of hydrogen-bond acceptors (Lipinski definition) is 4. The molecule has 0 radical (unpaired) electrons. The molecule has 0 unspecified atom stereocenters. The van der Waals surface area contributed by atoms with Crippen LogP contribution in [0.2, 0.25) is 0 Å². The fraction of sp³-hybridized carbons (Fsp3) is 0. The standard InChI is InChI=1S/C45H27N3S/c1-3-11-28(12-4-1)43-46-44(29-13-5-2-6-14-29)48-45(47-43)32-21-23-35-33-15-7-8-16-34(33)39-25-30(19-22-36(39)40(35)26-32)31-20-24-38-37-17-9-10-18-41(37)49-42(38)27-31/h1-27H. The third-order valence-corrected chi connectivity index (χ3v) is 10.6. The van der Waals surface area contributed by atoms with Gasteiger partial charge in [0.1, 0.15) is 0 Å². The van der Waals surface area contributed by atoms with Gasteiger partial charge in [-0.3, -0.25) is 0 Å². The van der Waals surface area contributed by atoms with E-state index < -0.39 is 0 Å². The molecule has 10 rings (SSSR count). The molecule has 0 amide bonds. The molecule has 2 heterocycles. The second kappa shape index (κ2) is 11.2. The van der Waals surface area contributed by atoms with Crippen LogP contribution < -0.4 is 0 Å². The van der Waals surface area contributed by atoms with Gasteiger partial charge in [-0.2, -0.15) is 0 Å². The lowest BCUT2D eigenvalue weighted by Gasteiger charge is -2.14. The second-order valence-corrected chi connectivity index (χ2v) is 13.5. The van der Waals surface area contributed by atoms with Gasteiger partial charge in [-0.25, -0.2) is 15.0 Å². The summed E-state index contributed by atoms with van der Waals surface area (Å²) in [6, 6.07) is 58.1. The van der Waals surface area contributed by atoms with E-state index in [-0.39, 0.29) is 0 Å². The topological polar surface area (TPSA) is 38.7 Å². The van der Waals surface area contributed by atoms with E-state index in [2.05, 4.69) is 103 Å². The van der Waals surface area contributed by atoms with Crippen LogP contribution in [0.5, 0.6) is 0 Å². The number of fused-ring (bicyclic) bond motifs is 9. The van der Waals surface area contributed by atoms with Gasteiger partial charge in [-0.1, -0.05) is 140 Å². The van der Waals surface area contributed by atoms with Crippen molar-refractivity contribution < 1.29 is 0 Å². The van der Waals surface area contributed by atoms with Crippen LogP contribution in [0.25, 0.3) is 97.8 Å². The highest BCUT2D eigenvalue weighted by Crippen LogP contribution is 2.41. The van der Waals surface area contributed by atoms with Gasteiger partial charge in [-0.15, -0.1) is 11.3 Å². The molecule has 0 aliphatic rings. The van der Waals surface area contributed by atoms with E-state index in [9.17, 15) is 0 Å². The Morgan fingerprint density at radius 1 is 0.265 bits per heavy atom. The first-order valence-corrected chi connectivity index (χ1v) is 17.3. The molecule has 0 aliphatic heterocycles. The molecule has 0 aliphatic carbocycles. The van der Waals surface area contributed by atoms with Crippen LogP contribution in [0.3, 0.4) is 0 Å². The molecule has 0 N–H and O–H groups in total. The minimum atomic E-state index is 0.657. The van der Waals surface area contributed by atoms with E-state index >= 15 is 0 Å². The van der Waals surface area contributed by atoms with Gasteiger partial charge in [0, 0.05) is 36.9 Å². The van der Waals surface area contributed by atoms with E-state index in [1.165, 1.54) is 63.6 Å². The molecule has 2 aromatic heterocycles. The molecule has 10 aromatic rings. The normalized spacial score (nSPS) is 11.7. The maximum Gasteiger partial charge on any atom is 0.164 e. The molecule has 0 fully saturated rings. The number of rotatable bonds is 4. The van der Waals surface area contributed by atoms with Gasteiger partial charge in [0.2, 0.25) is 0 Å². The molecule has 49 heavy (non-hydrogen) atoms. The Kier molecular flexibility index (Phi) is 6.36. The first-order chi connectivity index (χ1) is 24.3. The highest BCUT2D eigenvalue weighted by molar-refractivity contribution is 7.25. The molecular formula is C45H27N3S. The average molecular weight is 642 g/mol. The van der Waals surface area contributed by atoms with Crippen LogP contribution in [-0.4, -0.2) is 15.0 Å². The summed E-state index contributed by atoms with van der Waals surface area (Å²) in [5.41, 5.74) is 5.32. The Bertz CT molecular complexity index is 2820. The summed E-state index contributed by atoms with van der Waals surface area (Å²) >= 11 is 1.86. The van der Waals surface area contributed by atoms with Crippen LogP contribution in [0.15, 0.2) is 164 Å². The van der Waals surface area contributed by atoms with Gasteiger partial charge in [0.05, 0.1) is 0 Å². The van der Waals surface area contributed by atoms with Crippen molar-refractivity contribution in [2.24, 2.45) is 0 Å². The van der Waals surface area contributed by atoms with E-state index in [0.29, 0.717) is 17.5 Å². The van der Waals surface area contributed by atoms with Gasteiger partial charge in [0.15, 0.2) is 17.5 Å². The Morgan fingerprint density at radius 3 is 1.33 bits per heavy atom. The predicted octanol–water partition coefficient (Wildman–Crippen LogP) is 12.4. The van der Waals surface area contributed by atoms with Crippen molar-refractivity contribution in [1.82, 2.24) is 15.0 Å². The average Bonchev–Trinajstić information content (AvgIpc) is 3.56. The zero-order chi connectivity index (χ0) is 32.3. The minimum Gasteiger partial charge on any atom is -0.208 e. The van der Waals surface area contributed by atoms with Gasteiger partial charge in [-0.05, 0) is 67.7 Å². The molecular weight excluding hydrogens is 615 g/mol. The lowest BCUT2D eigenvalue weighted by Crippen LogP contribution is -2.00. The zero-order valence-corrected chi connectivity index (χ0v) is 27.2. The summed E-state index contributed by atoms with van der Waals surface area (Å²) in [5, 5.41) is 9.97. The van der Waals surface area contributed by atoms with Crippen molar-refractivity contribution in [3.63, 3.8) is 0 Å². The highest BCUT2D eigenvalue weighted by atomic mass is 32.1. The van der Waals surface area contributed by atoms with Crippen LogP contribution in [0.1, 0.15) is 0 Å². The molecule has 0 bridgehead atoms. The highest BCUT2D eigenvalue weighted by Gasteiger charge is 2.16. The summed E-state index contributed by atoms with van der Waals surface area (Å²) in [6.45, 7) is 0. The molecule has 0 saturated carbocycles. The van der Waals surface area contributed by atoms with Crippen LogP contribution >= 0.6 is 11.3 Å². The number of aromatic nitrogens is 3. The number of hydrogen-bond donors (Lipinski definition) is 0. The Hall–Kier alpha value is -6.23. The third-order valence-electron chi connectivity index (χ3n) is 9.51. The second-order valence-electron chi connectivity index (χ2n) is 12.4. The van der Waals surface area contributed by atoms with E-state index in [1.54, 1.807) is 0 Å². The fourth-order valence-electron chi connectivity index (χ4n) is 7.12. The number of thiophene rings is 1. The lowest BCUT2D eigenvalue weighted by molar-refractivity contribution is 1.07.